The average molecular weight is 392 g/mol. The molecule has 8 nitrogen and oxygen atoms in total. The number of likely N-dealkylation sites (tertiary alicyclic amines) is 1. The molecule has 0 radical (unpaired) electrons. The van der Waals surface area contributed by atoms with E-state index in [-0.39, 0.29) is 11.9 Å². The summed E-state index contributed by atoms with van der Waals surface area (Å²) in [5, 5.41) is 12.5. The fourth-order valence-electron chi connectivity index (χ4n) is 4.23. The number of hydrogen-bond donors (Lipinski definition) is 2. The number of carbonyl (C=O) groups excluding carboxylic acids is 1. The van der Waals surface area contributed by atoms with Crippen LogP contribution in [0.2, 0.25) is 0 Å². The van der Waals surface area contributed by atoms with Gasteiger partial charge in [-0.1, -0.05) is 6.42 Å². The molecule has 0 aromatic heterocycles. The molecule has 0 spiro atoms. The van der Waals surface area contributed by atoms with Gasteiger partial charge in [0.2, 0.25) is 0 Å². The first kappa shape index (κ1) is 20.1. The highest BCUT2D eigenvalue weighted by molar-refractivity contribution is 5.80. The Morgan fingerprint density at radius 3 is 2.50 bits per heavy atom. The monoisotopic (exact) mass is 392 g/mol. The Bertz CT molecular complexity index is 702. The zero-order chi connectivity index (χ0) is 20.1. The zero-order valence-electron chi connectivity index (χ0n) is 16.4. The number of methoxy groups -OCH3 is 2. The van der Waals surface area contributed by atoms with Crippen LogP contribution < -0.4 is 19.5 Å². The molecule has 0 bridgehead atoms. The molecule has 1 aromatic carbocycles. The number of nitrogens with zero attached hydrogens (tertiary/aromatic N) is 1. The van der Waals surface area contributed by atoms with E-state index in [4.69, 9.17) is 14.2 Å². The second kappa shape index (κ2) is 8.58. The van der Waals surface area contributed by atoms with Crippen molar-refractivity contribution in [1.29, 1.82) is 0 Å². The third-order valence-electron chi connectivity index (χ3n) is 5.77. The number of amides is 2. The summed E-state index contributed by atoms with van der Waals surface area (Å²) in [6.45, 7) is 1.72. The second-order valence-corrected chi connectivity index (χ2v) is 7.41. The van der Waals surface area contributed by atoms with Gasteiger partial charge in [0.25, 0.3) is 0 Å². The summed E-state index contributed by atoms with van der Waals surface area (Å²) in [6.07, 6.45) is 3.11. The molecule has 3 rings (SSSR count). The first-order valence-electron chi connectivity index (χ1n) is 9.60. The van der Waals surface area contributed by atoms with Crippen LogP contribution in [0.15, 0.2) is 18.2 Å². The van der Waals surface area contributed by atoms with Crippen LogP contribution in [0, 0.1) is 11.3 Å². The van der Waals surface area contributed by atoms with Crippen LogP contribution in [0.3, 0.4) is 0 Å². The van der Waals surface area contributed by atoms with Crippen LogP contribution in [-0.4, -0.2) is 62.5 Å². The number of fused-ring (bicyclic) bond motifs is 1. The van der Waals surface area contributed by atoms with E-state index in [0.717, 1.165) is 12.8 Å². The lowest BCUT2D eigenvalue weighted by atomic mass is 9.81. The lowest BCUT2D eigenvalue weighted by Gasteiger charge is -2.23. The van der Waals surface area contributed by atoms with Crippen LogP contribution in [0.5, 0.6) is 17.2 Å². The van der Waals surface area contributed by atoms with Crippen LogP contribution in [0.4, 0.5) is 4.79 Å². The van der Waals surface area contributed by atoms with Gasteiger partial charge in [0, 0.05) is 37.8 Å². The van der Waals surface area contributed by atoms with Crippen molar-refractivity contribution in [3.05, 3.63) is 18.2 Å². The highest BCUT2D eigenvalue weighted by Crippen LogP contribution is 2.48. The highest BCUT2D eigenvalue weighted by atomic mass is 16.5. The Hall–Kier alpha value is -2.64. The summed E-state index contributed by atoms with van der Waals surface area (Å²) in [5.74, 6) is 1.23. The van der Waals surface area contributed by atoms with E-state index in [1.54, 1.807) is 37.3 Å². The number of rotatable bonds is 8. The van der Waals surface area contributed by atoms with Gasteiger partial charge in [0.1, 0.15) is 17.2 Å². The van der Waals surface area contributed by atoms with Crippen LogP contribution in [0.1, 0.15) is 25.7 Å². The van der Waals surface area contributed by atoms with E-state index in [1.807, 2.05) is 0 Å². The van der Waals surface area contributed by atoms with Gasteiger partial charge in [-0.2, -0.15) is 0 Å². The lowest BCUT2D eigenvalue weighted by molar-refractivity contribution is -0.149. The molecule has 2 aliphatic rings. The van der Waals surface area contributed by atoms with E-state index >= 15 is 0 Å². The van der Waals surface area contributed by atoms with Crippen LogP contribution in [0.25, 0.3) is 0 Å². The van der Waals surface area contributed by atoms with Gasteiger partial charge in [-0.05, 0) is 25.2 Å². The maximum absolute atomic E-state index is 12.4. The Morgan fingerprint density at radius 1 is 1.21 bits per heavy atom. The minimum Gasteiger partial charge on any atom is -0.496 e. The van der Waals surface area contributed by atoms with Gasteiger partial charge in [0.15, 0.2) is 0 Å². The molecular formula is C20H28N2O6. The summed E-state index contributed by atoms with van der Waals surface area (Å²) >= 11 is 0. The number of carboxylic acids is 1. The molecular weight excluding hydrogens is 364 g/mol. The molecule has 1 aliphatic heterocycles. The molecule has 1 saturated carbocycles. The minimum absolute atomic E-state index is 0.0714. The number of ether oxygens (including phenoxy) is 3. The number of aliphatic carboxylic acids is 1. The molecule has 1 saturated heterocycles. The van der Waals surface area contributed by atoms with E-state index < -0.39 is 11.4 Å². The van der Waals surface area contributed by atoms with Gasteiger partial charge >= 0.3 is 12.0 Å². The number of hydrogen-bond acceptors (Lipinski definition) is 5. The molecule has 2 atom stereocenters. The van der Waals surface area contributed by atoms with Crippen LogP contribution in [-0.2, 0) is 4.79 Å². The fraction of sp³-hybridized carbons (Fsp3) is 0.600. The fourth-order valence-corrected chi connectivity index (χ4v) is 4.23. The van der Waals surface area contributed by atoms with Crippen molar-refractivity contribution in [3.63, 3.8) is 0 Å². The number of urea groups is 1. The van der Waals surface area contributed by atoms with Crippen molar-refractivity contribution in [1.82, 2.24) is 10.2 Å². The summed E-state index contributed by atoms with van der Waals surface area (Å²) in [6, 6.07) is 5.12. The zero-order valence-corrected chi connectivity index (χ0v) is 16.4. The van der Waals surface area contributed by atoms with E-state index in [1.165, 1.54) is 0 Å². The average Bonchev–Trinajstić information content (AvgIpc) is 3.26. The van der Waals surface area contributed by atoms with Gasteiger partial charge in [0.05, 0.1) is 26.2 Å². The molecule has 8 heteroatoms. The first-order chi connectivity index (χ1) is 13.5. The normalized spacial score (nSPS) is 23.2. The maximum Gasteiger partial charge on any atom is 0.317 e. The van der Waals surface area contributed by atoms with Gasteiger partial charge in [-0.15, -0.1) is 0 Å². The van der Waals surface area contributed by atoms with E-state index in [0.29, 0.717) is 56.3 Å². The lowest BCUT2D eigenvalue weighted by Crippen LogP contribution is -2.42. The standard InChI is InChI=1S/C20H28N2O6/c1-26-15-9-16(27-2)11-17(10-15)28-8-4-7-21-19(25)22-12-14-5-3-6-20(14,13-22)18(23)24/h9-11,14H,3-8,12-13H2,1-2H3,(H,21,25)(H,23,24)/t14-,20+/m0/s1. The third-order valence-corrected chi connectivity index (χ3v) is 5.77. The summed E-state index contributed by atoms with van der Waals surface area (Å²) < 4.78 is 16.1. The quantitative estimate of drug-likeness (QED) is 0.659. The van der Waals surface area contributed by atoms with Crippen molar-refractivity contribution in [2.75, 3.05) is 40.5 Å². The second-order valence-electron chi connectivity index (χ2n) is 7.41. The summed E-state index contributed by atoms with van der Waals surface area (Å²) in [5.41, 5.74) is -0.744. The van der Waals surface area contributed by atoms with Crippen molar-refractivity contribution < 1.29 is 28.9 Å². The smallest absolute Gasteiger partial charge is 0.317 e. The van der Waals surface area contributed by atoms with Gasteiger partial charge in [-0.25, -0.2) is 4.79 Å². The molecule has 2 amide bonds. The SMILES string of the molecule is COc1cc(OC)cc(OCCCNC(=O)N2C[C@@H]3CCC[C@@]3(C(=O)O)C2)c1. The van der Waals surface area contributed by atoms with Crippen molar-refractivity contribution in [2.24, 2.45) is 11.3 Å². The predicted molar refractivity (Wildman–Crippen MR) is 102 cm³/mol. The molecule has 1 aliphatic carbocycles. The predicted octanol–water partition coefficient (Wildman–Crippen LogP) is 2.37. The van der Waals surface area contributed by atoms with E-state index in [2.05, 4.69) is 5.32 Å². The number of nitrogens with one attached hydrogen (secondary N) is 1. The Labute approximate surface area is 164 Å². The van der Waals surface area contributed by atoms with Gasteiger partial charge < -0.3 is 29.5 Å². The molecule has 28 heavy (non-hydrogen) atoms. The molecule has 2 fully saturated rings. The largest absolute Gasteiger partial charge is 0.496 e. The molecule has 2 N–H and O–H groups in total. The van der Waals surface area contributed by atoms with Crippen LogP contribution >= 0.6 is 0 Å². The Balaban J connectivity index is 1.41. The van der Waals surface area contributed by atoms with Crippen molar-refractivity contribution >= 4 is 12.0 Å². The number of carboxylic acid groups (broad SMARTS) is 1. The molecule has 154 valence electrons. The highest BCUT2D eigenvalue weighted by Gasteiger charge is 2.55. The van der Waals surface area contributed by atoms with E-state index in [9.17, 15) is 14.7 Å². The number of benzene rings is 1. The summed E-state index contributed by atoms with van der Waals surface area (Å²) in [4.78, 5) is 25.7. The molecule has 1 aromatic rings. The van der Waals surface area contributed by atoms with Crippen molar-refractivity contribution in [3.8, 4) is 17.2 Å². The van der Waals surface area contributed by atoms with Crippen molar-refractivity contribution in [2.45, 2.75) is 25.7 Å². The Morgan fingerprint density at radius 2 is 1.89 bits per heavy atom. The molecule has 1 heterocycles. The third kappa shape index (κ3) is 4.10. The Kier molecular flexibility index (Phi) is 6.16. The van der Waals surface area contributed by atoms with Gasteiger partial charge in [-0.3, -0.25) is 4.79 Å². The minimum atomic E-state index is -0.771. The first-order valence-corrected chi connectivity index (χ1v) is 9.60. The number of carbonyl (C=O) groups is 2. The summed E-state index contributed by atoms with van der Waals surface area (Å²) in [7, 11) is 3.16. The maximum atomic E-state index is 12.4. The topological polar surface area (TPSA) is 97.3 Å². The molecule has 0 unspecified atom stereocenters.